The second-order valence-corrected chi connectivity index (χ2v) is 5.82. The van der Waals surface area contributed by atoms with Crippen LogP contribution in [0.25, 0.3) is 6.08 Å². The van der Waals surface area contributed by atoms with Crippen LogP contribution in [-0.2, 0) is 9.53 Å². The van der Waals surface area contributed by atoms with E-state index in [-0.39, 0.29) is 11.7 Å². The van der Waals surface area contributed by atoms with Gasteiger partial charge < -0.3 is 14.8 Å². The van der Waals surface area contributed by atoms with Crippen molar-refractivity contribution < 1.29 is 14.3 Å². The van der Waals surface area contributed by atoms with E-state index in [4.69, 9.17) is 9.47 Å². The smallest absolute Gasteiger partial charge is 0.262 e. The van der Waals surface area contributed by atoms with Crippen LogP contribution < -0.4 is 10.1 Å². The van der Waals surface area contributed by atoms with E-state index < -0.39 is 5.91 Å². The molecule has 0 unspecified atom stereocenters. The zero-order valence-electron chi connectivity index (χ0n) is 12.3. The number of hydrogen-bond acceptors (Lipinski definition) is 4. The first-order chi connectivity index (χ1) is 10.6. The van der Waals surface area contributed by atoms with Crippen molar-refractivity contribution in [3.05, 3.63) is 33.8 Å². The van der Waals surface area contributed by atoms with Gasteiger partial charge >= 0.3 is 0 Å². The molecule has 1 saturated heterocycles. The summed E-state index contributed by atoms with van der Waals surface area (Å²) in [5.41, 5.74) is 0.704. The van der Waals surface area contributed by atoms with E-state index in [0.717, 1.165) is 23.9 Å². The number of nitrogens with zero attached hydrogens (tertiary/aromatic N) is 1. The van der Waals surface area contributed by atoms with Crippen molar-refractivity contribution in [3.63, 3.8) is 0 Å². The highest BCUT2D eigenvalue weighted by atomic mass is 79.9. The number of benzene rings is 1. The Morgan fingerprint density at radius 3 is 3.09 bits per heavy atom. The lowest BCUT2D eigenvalue weighted by molar-refractivity contribution is -0.117. The number of methoxy groups -OCH3 is 1. The molecule has 5 nitrogen and oxygen atoms in total. The average Bonchev–Trinajstić information content (AvgIpc) is 3.04. The minimum Gasteiger partial charge on any atom is -0.496 e. The number of halogens is 1. The Bertz CT molecular complexity index is 616. The van der Waals surface area contributed by atoms with Gasteiger partial charge in [-0.15, -0.1) is 0 Å². The summed E-state index contributed by atoms with van der Waals surface area (Å²) in [6, 6.07) is 7.34. The van der Waals surface area contributed by atoms with Crippen molar-refractivity contribution in [2.75, 3.05) is 20.3 Å². The van der Waals surface area contributed by atoms with E-state index in [9.17, 15) is 10.1 Å². The maximum absolute atomic E-state index is 12.1. The van der Waals surface area contributed by atoms with Crippen LogP contribution in [-0.4, -0.2) is 32.3 Å². The van der Waals surface area contributed by atoms with Gasteiger partial charge in [-0.1, -0.05) is 15.9 Å². The largest absolute Gasteiger partial charge is 0.496 e. The monoisotopic (exact) mass is 364 g/mol. The highest BCUT2D eigenvalue weighted by molar-refractivity contribution is 9.10. The lowest BCUT2D eigenvalue weighted by atomic mass is 10.1. The van der Waals surface area contributed by atoms with Crippen molar-refractivity contribution in [3.8, 4) is 11.8 Å². The van der Waals surface area contributed by atoms with Crippen LogP contribution in [0.2, 0.25) is 0 Å². The number of rotatable bonds is 5. The molecule has 1 heterocycles. The molecule has 2 rings (SSSR count). The van der Waals surface area contributed by atoms with Gasteiger partial charge in [0, 0.05) is 23.2 Å². The molecule has 1 aliphatic heterocycles. The molecule has 0 aliphatic carbocycles. The third-order valence-corrected chi connectivity index (χ3v) is 3.86. The van der Waals surface area contributed by atoms with Crippen LogP contribution in [0.4, 0.5) is 0 Å². The second-order valence-electron chi connectivity index (χ2n) is 4.90. The molecule has 1 amide bonds. The van der Waals surface area contributed by atoms with Crippen molar-refractivity contribution in [1.29, 1.82) is 5.26 Å². The number of carbonyl (C=O) groups excluding carboxylic acids is 1. The van der Waals surface area contributed by atoms with Gasteiger partial charge in [0.15, 0.2) is 0 Å². The molecule has 1 atom stereocenters. The maximum atomic E-state index is 12.1. The van der Waals surface area contributed by atoms with E-state index in [1.807, 2.05) is 12.1 Å². The minimum atomic E-state index is -0.403. The van der Waals surface area contributed by atoms with Gasteiger partial charge in [0.1, 0.15) is 17.4 Å². The Hall–Kier alpha value is -1.84. The van der Waals surface area contributed by atoms with Crippen LogP contribution >= 0.6 is 15.9 Å². The topological polar surface area (TPSA) is 71.3 Å². The molecular formula is C16H17BrN2O3. The molecule has 1 aromatic carbocycles. The Morgan fingerprint density at radius 2 is 2.45 bits per heavy atom. The maximum Gasteiger partial charge on any atom is 0.262 e. The summed E-state index contributed by atoms with van der Waals surface area (Å²) >= 11 is 3.37. The van der Waals surface area contributed by atoms with Crippen LogP contribution in [0.1, 0.15) is 18.4 Å². The first-order valence-electron chi connectivity index (χ1n) is 6.99. The summed E-state index contributed by atoms with van der Waals surface area (Å²) in [5.74, 6) is 0.197. The quantitative estimate of drug-likeness (QED) is 0.643. The summed E-state index contributed by atoms with van der Waals surface area (Å²) in [6.07, 6.45) is 3.51. The summed E-state index contributed by atoms with van der Waals surface area (Å²) in [6.45, 7) is 1.16. The van der Waals surface area contributed by atoms with Gasteiger partial charge in [-0.3, -0.25) is 4.79 Å². The van der Waals surface area contributed by atoms with E-state index in [2.05, 4.69) is 21.2 Å². The van der Waals surface area contributed by atoms with Gasteiger partial charge in [-0.25, -0.2) is 0 Å². The molecule has 1 aliphatic rings. The van der Waals surface area contributed by atoms with Crippen LogP contribution in [0, 0.1) is 11.3 Å². The van der Waals surface area contributed by atoms with Crippen molar-refractivity contribution >= 4 is 27.9 Å². The zero-order valence-corrected chi connectivity index (χ0v) is 13.9. The number of ether oxygens (including phenoxy) is 2. The zero-order chi connectivity index (χ0) is 15.9. The van der Waals surface area contributed by atoms with Crippen molar-refractivity contribution in [1.82, 2.24) is 5.32 Å². The lowest BCUT2D eigenvalue weighted by Gasteiger charge is -2.10. The average molecular weight is 365 g/mol. The minimum absolute atomic E-state index is 0.0365. The van der Waals surface area contributed by atoms with Gasteiger partial charge in [0.05, 0.1) is 13.2 Å². The van der Waals surface area contributed by atoms with Gasteiger partial charge in [-0.2, -0.15) is 5.26 Å². The van der Waals surface area contributed by atoms with Crippen LogP contribution in [0.5, 0.6) is 5.75 Å². The molecule has 6 heteroatoms. The number of hydrogen-bond donors (Lipinski definition) is 1. The molecule has 22 heavy (non-hydrogen) atoms. The first-order valence-corrected chi connectivity index (χ1v) is 7.78. The fourth-order valence-corrected chi connectivity index (χ4v) is 2.61. The number of carbonyl (C=O) groups is 1. The molecule has 0 bridgehead atoms. The number of amides is 1. The highest BCUT2D eigenvalue weighted by Gasteiger charge is 2.18. The van der Waals surface area contributed by atoms with E-state index in [1.54, 1.807) is 19.2 Å². The van der Waals surface area contributed by atoms with Gasteiger partial charge in [-0.05, 0) is 37.1 Å². The Balaban J connectivity index is 2.11. The van der Waals surface area contributed by atoms with Gasteiger partial charge in [0.2, 0.25) is 0 Å². The summed E-state index contributed by atoms with van der Waals surface area (Å²) < 4.78 is 11.5. The van der Waals surface area contributed by atoms with Crippen LogP contribution in [0.15, 0.2) is 28.2 Å². The molecule has 0 saturated carbocycles. The molecule has 116 valence electrons. The molecule has 1 N–H and O–H groups in total. The van der Waals surface area contributed by atoms with Gasteiger partial charge in [0.25, 0.3) is 5.91 Å². The Kier molecular flexibility index (Phi) is 5.99. The lowest BCUT2D eigenvalue weighted by Crippen LogP contribution is -2.32. The SMILES string of the molecule is COc1ccc(Br)cc1/C=C(\C#N)C(=O)NC[C@@H]1CCCO1. The van der Waals surface area contributed by atoms with E-state index >= 15 is 0 Å². The number of nitriles is 1. The standard InChI is InChI=1S/C16H17BrN2O3/c1-21-15-5-4-13(17)8-11(15)7-12(9-18)16(20)19-10-14-3-2-6-22-14/h4-5,7-8,14H,2-3,6,10H2,1H3,(H,19,20)/b12-7+/t14-/m0/s1. The molecule has 1 aromatic rings. The Morgan fingerprint density at radius 1 is 1.64 bits per heavy atom. The van der Waals surface area contributed by atoms with Crippen molar-refractivity contribution in [2.24, 2.45) is 0 Å². The van der Waals surface area contributed by atoms with Crippen molar-refractivity contribution in [2.45, 2.75) is 18.9 Å². The second kappa shape index (κ2) is 7.97. The third-order valence-electron chi connectivity index (χ3n) is 3.37. The third kappa shape index (κ3) is 4.33. The fourth-order valence-electron chi connectivity index (χ4n) is 2.23. The molecule has 0 spiro atoms. The predicted octanol–water partition coefficient (Wildman–Crippen LogP) is 2.66. The predicted molar refractivity (Wildman–Crippen MR) is 86.3 cm³/mol. The molecule has 0 radical (unpaired) electrons. The summed E-state index contributed by atoms with van der Waals surface area (Å²) in [4.78, 5) is 12.1. The van der Waals surface area contributed by atoms with Crippen LogP contribution in [0.3, 0.4) is 0 Å². The molecular weight excluding hydrogens is 348 g/mol. The number of nitrogens with one attached hydrogen (secondary N) is 1. The fraction of sp³-hybridized carbons (Fsp3) is 0.375. The first kappa shape index (κ1) is 16.5. The molecule has 1 fully saturated rings. The normalized spacial score (nSPS) is 17.9. The van der Waals surface area contributed by atoms with E-state index in [1.165, 1.54) is 6.08 Å². The summed E-state index contributed by atoms with van der Waals surface area (Å²) in [5, 5.41) is 12.0. The van der Waals surface area contributed by atoms with E-state index in [0.29, 0.717) is 17.9 Å². The summed E-state index contributed by atoms with van der Waals surface area (Å²) in [7, 11) is 1.55. The molecule has 0 aromatic heterocycles. The Labute approximate surface area is 138 Å². The highest BCUT2D eigenvalue weighted by Crippen LogP contribution is 2.25.